The molecule has 0 bridgehead atoms. The molecule has 2 rings (SSSR count). The average molecular weight is 264 g/mol. The van der Waals surface area contributed by atoms with Crippen molar-refractivity contribution >= 4 is 11.6 Å². The van der Waals surface area contributed by atoms with Gasteiger partial charge in [-0.05, 0) is 37.1 Å². The van der Waals surface area contributed by atoms with Crippen LogP contribution in [0.4, 0.5) is 4.39 Å². The van der Waals surface area contributed by atoms with Crippen molar-refractivity contribution in [3.8, 4) is 0 Å². The zero-order valence-electron chi connectivity index (χ0n) is 10.4. The van der Waals surface area contributed by atoms with E-state index in [9.17, 15) is 4.39 Å². The van der Waals surface area contributed by atoms with Gasteiger partial charge in [-0.1, -0.05) is 41.4 Å². The predicted molar refractivity (Wildman–Crippen MR) is 73.4 cm³/mol. The van der Waals surface area contributed by atoms with Gasteiger partial charge in [0.05, 0.1) is 6.04 Å². The Bertz CT molecular complexity index is 560. The lowest BCUT2D eigenvalue weighted by atomic mass is 9.94. The first-order valence-corrected chi connectivity index (χ1v) is 6.15. The minimum Gasteiger partial charge on any atom is -0.320 e. The van der Waals surface area contributed by atoms with Gasteiger partial charge in [0.25, 0.3) is 0 Å². The minimum atomic E-state index is -0.543. The number of hydrogen-bond acceptors (Lipinski definition) is 1. The first-order chi connectivity index (χ1) is 8.50. The lowest BCUT2D eigenvalue weighted by Gasteiger charge is -2.18. The number of nitrogens with two attached hydrogens (primary N) is 1. The summed E-state index contributed by atoms with van der Waals surface area (Å²) in [5.74, 6) is -0.365. The SMILES string of the molecule is Cc1ccc(C)c(C(N)c2c(F)cccc2Cl)c1. The van der Waals surface area contributed by atoms with E-state index in [0.717, 1.165) is 16.7 Å². The topological polar surface area (TPSA) is 26.0 Å². The summed E-state index contributed by atoms with van der Waals surface area (Å²) in [6.45, 7) is 3.95. The first kappa shape index (κ1) is 13.1. The van der Waals surface area contributed by atoms with Gasteiger partial charge in [0, 0.05) is 10.6 Å². The third-order valence-electron chi connectivity index (χ3n) is 3.08. The summed E-state index contributed by atoms with van der Waals surface area (Å²) < 4.78 is 13.9. The van der Waals surface area contributed by atoms with Gasteiger partial charge >= 0.3 is 0 Å². The highest BCUT2D eigenvalue weighted by Gasteiger charge is 2.18. The van der Waals surface area contributed by atoms with E-state index < -0.39 is 6.04 Å². The summed E-state index contributed by atoms with van der Waals surface area (Å²) >= 11 is 6.05. The van der Waals surface area contributed by atoms with Gasteiger partial charge in [-0.2, -0.15) is 0 Å². The summed E-state index contributed by atoms with van der Waals surface area (Å²) in [5.41, 5.74) is 9.55. The van der Waals surface area contributed by atoms with E-state index >= 15 is 0 Å². The van der Waals surface area contributed by atoms with Crippen LogP contribution in [-0.2, 0) is 0 Å². The van der Waals surface area contributed by atoms with E-state index in [2.05, 4.69) is 0 Å². The second kappa shape index (κ2) is 5.09. The molecule has 0 aliphatic heterocycles. The van der Waals surface area contributed by atoms with E-state index in [1.54, 1.807) is 12.1 Å². The second-order valence-electron chi connectivity index (χ2n) is 4.47. The van der Waals surface area contributed by atoms with Crippen LogP contribution >= 0.6 is 11.6 Å². The summed E-state index contributed by atoms with van der Waals surface area (Å²) in [4.78, 5) is 0. The average Bonchev–Trinajstić information content (AvgIpc) is 2.32. The molecule has 0 heterocycles. The van der Waals surface area contributed by atoms with E-state index in [4.69, 9.17) is 17.3 Å². The summed E-state index contributed by atoms with van der Waals surface area (Å²) in [7, 11) is 0. The molecular formula is C15H15ClFN. The molecule has 1 unspecified atom stereocenters. The van der Waals surface area contributed by atoms with E-state index in [1.807, 2.05) is 32.0 Å². The van der Waals surface area contributed by atoms with Crippen molar-refractivity contribution in [3.05, 3.63) is 69.5 Å². The predicted octanol–water partition coefficient (Wildman–Crippen LogP) is 4.14. The Hall–Kier alpha value is -1.38. The Morgan fingerprint density at radius 1 is 1.17 bits per heavy atom. The number of halogens is 2. The number of rotatable bonds is 2. The summed E-state index contributed by atoms with van der Waals surface area (Å²) in [6, 6.07) is 10.0. The van der Waals surface area contributed by atoms with Crippen molar-refractivity contribution in [1.29, 1.82) is 0 Å². The van der Waals surface area contributed by atoms with E-state index in [-0.39, 0.29) is 5.82 Å². The Morgan fingerprint density at radius 2 is 1.89 bits per heavy atom. The highest BCUT2D eigenvalue weighted by atomic mass is 35.5. The fraction of sp³-hybridized carbons (Fsp3) is 0.200. The molecule has 1 atom stereocenters. The Kier molecular flexibility index (Phi) is 3.69. The number of aryl methyl sites for hydroxylation is 2. The van der Waals surface area contributed by atoms with E-state index in [0.29, 0.717) is 10.6 Å². The third-order valence-corrected chi connectivity index (χ3v) is 3.41. The molecule has 0 aliphatic rings. The summed E-state index contributed by atoms with van der Waals surface area (Å²) in [6.07, 6.45) is 0. The zero-order valence-corrected chi connectivity index (χ0v) is 11.1. The Balaban J connectivity index is 2.54. The molecule has 0 radical (unpaired) electrons. The van der Waals surface area contributed by atoms with Crippen molar-refractivity contribution in [1.82, 2.24) is 0 Å². The van der Waals surface area contributed by atoms with Crippen molar-refractivity contribution in [2.75, 3.05) is 0 Å². The van der Waals surface area contributed by atoms with Crippen LogP contribution in [0, 0.1) is 19.7 Å². The number of hydrogen-bond donors (Lipinski definition) is 1. The maximum Gasteiger partial charge on any atom is 0.129 e. The van der Waals surface area contributed by atoms with Crippen LogP contribution in [0.15, 0.2) is 36.4 Å². The molecule has 94 valence electrons. The standard InChI is InChI=1S/C15H15ClFN/c1-9-6-7-10(2)11(8-9)15(18)14-12(16)4-3-5-13(14)17/h3-8,15H,18H2,1-2H3. The molecule has 0 aromatic heterocycles. The highest BCUT2D eigenvalue weighted by Crippen LogP contribution is 2.30. The summed E-state index contributed by atoms with van der Waals surface area (Å²) in [5, 5.41) is 0.364. The lowest BCUT2D eigenvalue weighted by molar-refractivity contribution is 0.599. The molecule has 0 amide bonds. The quantitative estimate of drug-likeness (QED) is 0.866. The van der Waals surface area contributed by atoms with Gasteiger partial charge in [-0.3, -0.25) is 0 Å². The molecule has 18 heavy (non-hydrogen) atoms. The van der Waals surface area contributed by atoms with Crippen LogP contribution in [-0.4, -0.2) is 0 Å². The minimum absolute atomic E-state index is 0.355. The monoisotopic (exact) mass is 263 g/mol. The van der Waals surface area contributed by atoms with Crippen molar-refractivity contribution < 1.29 is 4.39 Å². The molecule has 3 heteroatoms. The maximum absolute atomic E-state index is 13.9. The first-order valence-electron chi connectivity index (χ1n) is 5.77. The van der Waals surface area contributed by atoms with E-state index in [1.165, 1.54) is 6.07 Å². The van der Waals surface area contributed by atoms with Crippen LogP contribution in [0.2, 0.25) is 5.02 Å². The smallest absolute Gasteiger partial charge is 0.129 e. The molecule has 2 N–H and O–H groups in total. The van der Waals surface area contributed by atoms with Crippen LogP contribution in [0.5, 0.6) is 0 Å². The lowest BCUT2D eigenvalue weighted by Crippen LogP contribution is -2.15. The fourth-order valence-corrected chi connectivity index (χ4v) is 2.34. The van der Waals surface area contributed by atoms with Crippen LogP contribution < -0.4 is 5.73 Å². The molecule has 0 saturated carbocycles. The van der Waals surface area contributed by atoms with Gasteiger partial charge in [0.2, 0.25) is 0 Å². The van der Waals surface area contributed by atoms with Gasteiger partial charge in [0.15, 0.2) is 0 Å². The van der Waals surface area contributed by atoms with Gasteiger partial charge in [-0.25, -0.2) is 4.39 Å². The zero-order chi connectivity index (χ0) is 13.3. The third kappa shape index (κ3) is 2.40. The molecule has 1 nitrogen and oxygen atoms in total. The second-order valence-corrected chi connectivity index (χ2v) is 4.88. The molecule has 0 spiro atoms. The largest absolute Gasteiger partial charge is 0.320 e. The molecule has 0 fully saturated rings. The van der Waals surface area contributed by atoms with Crippen molar-refractivity contribution in [2.24, 2.45) is 5.73 Å². The van der Waals surface area contributed by atoms with Crippen molar-refractivity contribution in [3.63, 3.8) is 0 Å². The number of benzene rings is 2. The molecule has 0 aliphatic carbocycles. The van der Waals surface area contributed by atoms with Crippen molar-refractivity contribution in [2.45, 2.75) is 19.9 Å². The highest BCUT2D eigenvalue weighted by molar-refractivity contribution is 6.31. The van der Waals surface area contributed by atoms with Crippen LogP contribution in [0.3, 0.4) is 0 Å². The Labute approximate surface area is 111 Å². The molecule has 2 aromatic carbocycles. The fourth-order valence-electron chi connectivity index (χ4n) is 2.06. The maximum atomic E-state index is 13.9. The molecule has 2 aromatic rings. The molecular weight excluding hydrogens is 249 g/mol. The van der Waals surface area contributed by atoms with Gasteiger partial charge in [-0.15, -0.1) is 0 Å². The van der Waals surface area contributed by atoms with Gasteiger partial charge < -0.3 is 5.73 Å². The van der Waals surface area contributed by atoms with Crippen LogP contribution in [0.25, 0.3) is 0 Å². The molecule has 0 saturated heterocycles. The normalized spacial score (nSPS) is 12.5. The van der Waals surface area contributed by atoms with Gasteiger partial charge in [0.1, 0.15) is 5.82 Å². The van der Waals surface area contributed by atoms with Crippen LogP contribution in [0.1, 0.15) is 28.3 Å². The Morgan fingerprint density at radius 3 is 2.56 bits per heavy atom.